The molecule has 0 radical (unpaired) electrons. The molecule has 14 nitrogen and oxygen atoms in total. The number of ether oxygens (including phenoxy) is 8. The molecule has 11 atom stereocenters. The van der Waals surface area contributed by atoms with Crippen molar-refractivity contribution in [1.29, 1.82) is 0 Å². The van der Waals surface area contributed by atoms with E-state index in [0.29, 0.717) is 0 Å². The lowest BCUT2D eigenvalue weighted by atomic mass is 9.98. The first kappa shape index (κ1) is 36.3. The summed E-state index contributed by atoms with van der Waals surface area (Å²) in [6, 6.07) is 19.3. The molecule has 248 valence electrons. The highest BCUT2D eigenvalue weighted by Crippen LogP contribution is 2.34. The predicted molar refractivity (Wildman–Crippen MR) is 152 cm³/mol. The van der Waals surface area contributed by atoms with Crippen LogP contribution in [0, 0.1) is 0 Å². The Morgan fingerprint density at radius 2 is 1.23 bits per heavy atom. The molecule has 11 unspecified atom stereocenters. The molecule has 3 fully saturated rings. The van der Waals surface area contributed by atoms with E-state index >= 15 is 0 Å². The summed E-state index contributed by atoms with van der Waals surface area (Å²) in [5.41, 5.74) is 1.90. The number of fused-ring (bicyclic) bond motifs is 1. The first-order valence-electron chi connectivity index (χ1n) is 14.0. The summed E-state index contributed by atoms with van der Waals surface area (Å²) >= 11 is 0. The van der Waals surface area contributed by atoms with E-state index in [1.54, 1.807) is 14.2 Å². The maximum atomic E-state index is 10.1. The molecule has 3 aliphatic heterocycles. The van der Waals surface area contributed by atoms with Crippen LogP contribution in [0.4, 0.5) is 0 Å². The van der Waals surface area contributed by atoms with Gasteiger partial charge in [0.2, 0.25) is 0 Å². The molecule has 3 saturated heterocycles. The Morgan fingerprint density at radius 1 is 0.682 bits per heavy atom. The van der Waals surface area contributed by atoms with Crippen molar-refractivity contribution in [2.45, 2.75) is 74.0 Å². The Hall–Kier alpha value is -2.12. The highest BCUT2D eigenvalue weighted by atomic mass is 16.8. The van der Waals surface area contributed by atoms with Crippen molar-refractivity contribution in [3.8, 4) is 0 Å². The van der Waals surface area contributed by atoms with Crippen molar-refractivity contribution >= 4 is 0 Å². The number of benzene rings is 2. The average Bonchev–Trinajstić information content (AvgIpc) is 3.07. The fraction of sp³-hybridized carbons (Fsp3) is 0.600. The van der Waals surface area contributed by atoms with E-state index in [9.17, 15) is 25.5 Å². The minimum Gasteiger partial charge on any atom is -0.394 e. The zero-order chi connectivity index (χ0) is 32.2. The van der Waals surface area contributed by atoms with Crippen LogP contribution in [-0.2, 0) is 37.9 Å². The first-order valence-corrected chi connectivity index (χ1v) is 14.0. The second-order valence-electron chi connectivity index (χ2n) is 10.1. The third kappa shape index (κ3) is 9.22. The standard InChI is InChI=1S/C14H18O6.C9H12O2.C7H14O6/c1-17-14-11(16)10(15)12-9(19-14)7-18-13(20-12)8-5-3-2-4-6-8;1-10-9(11-2)8-6-4-3-5-7-8;1-12-7-6(11)5(10)4(9)3(2-8)13-7/h2-6,9-16H,7H2,1H3;3-7,9H,1-2H3;3-11H,2H2,1H3. The maximum Gasteiger partial charge on any atom is 0.186 e. The van der Waals surface area contributed by atoms with Crippen LogP contribution >= 0.6 is 0 Å². The van der Waals surface area contributed by atoms with Gasteiger partial charge in [-0.2, -0.15) is 0 Å². The van der Waals surface area contributed by atoms with Gasteiger partial charge in [0.1, 0.15) is 48.8 Å². The summed E-state index contributed by atoms with van der Waals surface area (Å²) in [5.74, 6) is 0. The van der Waals surface area contributed by atoms with Crippen molar-refractivity contribution in [3.63, 3.8) is 0 Å². The van der Waals surface area contributed by atoms with Gasteiger partial charge in [0.25, 0.3) is 0 Å². The summed E-state index contributed by atoms with van der Waals surface area (Å²) in [4.78, 5) is 0. The summed E-state index contributed by atoms with van der Waals surface area (Å²) in [5, 5.41) is 56.6. The predicted octanol–water partition coefficient (Wildman–Crippen LogP) is -0.396. The monoisotopic (exact) mass is 628 g/mol. The second-order valence-corrected chi connectivity index (χ2v) is 10.1. The van der Waals surface area contributed by atoms with Crippen molar-refractivity contribution in [2.24, 2.45) is 0 Å². The van der Waals surface area contributed by atoms with Crippen molar-refractivity contribution in [2.75, 3.05) is 41.7 Å². The quantitative estimate of drug-likeness (QED) is 0.217. The Balaban J connectivity index is 0.000000192. The van der Waals surface area contributed by atoms with Crippen molar-refractivity contribution in [1.82, 2.24) is 0 Å². The lowest BCUT2D eigenvalue weighted by Crippen LogP contribution is -2.62. The summed E-state index contributed by atoms with van der Waals surface area (Å²) in [7, 11) is 5.97. The van der Waals surface area contributed by atoms with Crippen LogP contribution < -0.4 is 0 Å². The second kappa shape index (κ2) is 18.1. The molecule has 5 rings (SSSR count). The maximum absolute atomic E-state index is 10.1. The largest absolute Gasteiger partial charge is 0.394 e. The Morgan fingerprint density at radius 3 is 1.77 bits per heavy atom. The van der Waals surface area contributed by atoms with Gasteiger partial charge in [0.05, 0.1) is 13.2 Å². The van der Waals surface area contributed by atoms with Gasteiger partial charge in [0, 0.05) is 39.6 Å². The van der Waals surface area contributed by atoms with E-state index in [4.69, 9.17) is 43.0 Å². The lowest BCUT2D eigenvalue weighted by Gasteiger charge is -2.45. The fourth-order valence-electron chi connectivity index (χ4n) is 4.79. The van der Waals surface area contributed by atoms with Crippen LogP contribution in [0.2, 0.25) is 0 Å². The smallest absolute Gasteiger partial charge is 0.186 e. The zero-order valence-corrected chi connectivity index (χ0v) is 25.1. The highest BCUT2D eigenvalue weighted by molar-refractivity contribution is 5.17. The number of methoxy groups -OCH3 is 4. The van der Waals surface area contributed by atoms with Crippen LogP contribution in [0.25, 0.3) is 0 Å². The molecule has 0 spiro atoms. The van der Waals surface area contributed by atoms with E-state index in [1.165, 1.54) is 14.2 Å². The van der Waals surface area contributed by atoms with E-state index < -0.39 is 74.3 Å². The highest BCUT2D eigenvalue weighted by Gasteiger charge is 2.49. The van der Waals surface area contributed by atoms with Gasteiger partial charge in [0.15, 0.2) is 25.2 Å². The number of aliphatic hydroxyl groups is 6. The molecule has 0 aromatic heterocycles. The molecule has 44 heavy (non-hydrogen) atoms. The molecule has 2 aromatic carbocycles. The van der Waals surface area contributed by atoms with Crippen molar-refractivity contribution < 1.29 is 68.5 Å². The summed E-state index contributed by atoms with van der Waals surface area (Å²) < 4.78 is 41.6. The molecule has 0 saturated carbocycles. The Labute approximate surface area is 256 Å². The molecule has 0 amide bonds. The third-order valence-corrected chi connectivity index (χ3v) is 7.22. The summed E-state index contributed by atoms with van der Waals surface area (Å²) in [6.45, 7) is -0.168. The Kier molecular flexibility index (Phi) is 15.0. The zero-order valence-electron chi connectivity index (χ0n) is 25.1. The molecule has 2 aromatic rings. The minimum absolute atomic E-state index is 0.240. The average molecular weight is 629 g/mol. The van der Waals surface area contributed by atoms with E-state index in [2.05, 4.69) is 0 Å². The molecule has 3 heterocycles. The van der Waals surface area contributed by atoms with Crippen LogP contribution in [0.15, 0.2) is 60.7 Å². The van der Waals surface area contributed by atoms with E-state index in [1.807, 2.05) is 60.7 Å². The molecule has 0 aliphatic carbocycles. The molecule has 14 heteroatoms. The summed E-state index contributed by atoms with van der Waals surface area (Å²) in [6.07, 6.45) is -10.9. The van der Waals surface area contributed by atoms with Gasteiger partial charge in [-0.25, -0.2) is 0 Å². The van der Waals surface area contributed by atoms with Gasteiger partial charge in [-0.3, -0.25) is 0 Å². The topological polar surface area (TPSA) is 195 Å². The molecule has 0 bridgehead atoms. The third-order valence-electron chi connectivity index (χ3n) is 7.22. The normalized spacial score (nSPS) is 35.0. The number of rotatable bonds is 7. The minimum atomic E-state index is -1.36. The van der Waals surface area contributed by atoms with Gasteiger partial charge >= 0.3 is 0 Å². The van der Waals surface area contributed by atoms with Gasteiger partial charge in [-0.1, -0.05) is 60.7 Å². The molecular formula is C30H44O14. The molecule has 6 N–H and O–H groups in total. The van der Waals surface area contributed by atoms with Crippen molar-refractivity contribution in [3.05, 3.63) is 71.8 Å². The van der Waals surface area contributed by atoms with E-state index in [0.717, 1.165) is 11.1 Å². The van der Waals surface area contributed by atoms with Gasteiger partial charge in [-0.15, -0.1) is 0 Å². The lowest BCUT2D eigenvalue weighted by molar-refractivity contribution is -0.358. The van der Waals surface area contributed by atoms with Crippen LogP contribution in [-0.4, -0.2) is 134 Å². The van der Waals surface area contributed by atoms with Crippen LogP contribution in [0.1, 0.15) is 23.7 Å². The van der Waals surface area contributed by atoms with E-state index in [-0.39, 0.29) is 12.9 Å². The molecular weight excluding hydrogens is 584 g/mol. The van der Waals surface area contributed by atoms with Gasteiger partial charge < -0.3 is 68.5 Å². The first-order chi connectivity index (χ1) is 21.2. The SMILES string of the molecule is COC(OC)c1ccccc1.COC1OC(CO)C(O)C(O)C1O.COC1OC2COC(c3ccccc3)OC2C(O)C1O. The number of hydrogen-bond donors (Lipinski definition) is 6. The Bertz CT molecular complexity index is 1020. The molecule has 3 aliphatic rings. The number of aliphatic hydroxyl groups excluding tert-OH is 6. The van der Waals surface area contributed by atoms with Gasteiger partial charge in [-0.05, 0) is 0 Å². The van der Waals surface area contributed by atoms with Crippen LogP contribution in [0.5, 0.6) is 0 Å². The fourth-order valence-corrected chi connectivity index (χ4v) is 4.79. The number of hydrogen-bond acceptors (Lipinski definition) is 14. The van der Waals surface area contributed by atoms with Crippen LogP contribution in [0.3, 0.4) is 0 Å².